The van der Waals surface area contributed by atoms with Gasteiger partial charge < -0.3 is 5.32 Å². The number of pyridine rings is 1. The summed E-state index contributed by atoms with van der Waals surface area (Å²) in [7, 11) is 0. The van der Waals surface area contributed by atoms with E-state index in [4.69, 9.17) is 11.6 Å². The van der Waals surface area contributed by atoms with Crippen molar-refractivity contribution in [1.82, 2.24) is 15.0 Å². The number of nitrogens with one attached hydrogen (secondary N) is 1. The molecule has 2 rings (SSSR count). The zero-order valence-electron chi connectivity index (χ0n) is 9.74. The highest BCUT2D eigenvalue weighted by Crippen LogP contribution is 2.18. The maximum atomic E-state index is 6.02. The number of aromatic nitrogens is 3. The van der Waals surface area contributed by atoms with E-state index in [2.05, 4.69) is 20.3 Å². The summed E-state index contributed by atoms with van der Waals surface area (Å²) in [4.78, 5) is 12.5. The van der Waals surface area contributed by atoms with Crippen LogP contribution in [0.2, 0.25) is 5.15 Å². The molecular formula is C12H13ClN4. The lowest BCUT2D eigenvalue weighted by Crippen LogP contribution is -2.05. The fourth-order valence-corrected chi connectivity index (χ4v) is 1.61. The summed E-state index contributed by atoms with van der Waals surface area (Å²) in [6.45, 7) is 4.45. The van der Waals surface area contributed by atoms with Crippen LogP contribution in [0.1, 0.15) is 17.0 Å². The Balaban J connectivity index is 2.12. The zero-order valence-corrected chi connectivity index (χ0v) is 10.5. The summed E-state index contributed by atoms with van der Waals surface area (Å²) in [6.07, 6.45) is 3.51. The van der Waals surface area contributed by atoms with Crippen LogP contribution in [0.5, 0.6) is 0 Å². The number of rotatable bonds is 3. The SMILES string of the molecule is Cc1nc(Cl)c(NCc2ccncc2)nc1C. The van der Waals surface area contributed by atoms with Crippen LogP contribution in [0, 0.1) is 13.8 Å². The van der Waals surface area contributed by atoms with E-state index >= 15 is 0 Å². The van der Waals surface area contributed by atoms with Crippen LogP contribution < -0.4 is 5.32 Å². The molecule has 0 fully saturated rings. The summed E-state index contributed by atoms with van der Waals surface area (Å²) in [6, 6.07) is 3.88. The lowest BCUT2D eigenvalue weighted by molar-refractivity contribution is 1.01. The van der Waals surface area contributed by atoms with E-state index in [-0.39, 0.29) is 0 Å². The van der Waals surface area contributed by atoms with Gasteiger partial charge in [-0.3, -0.25) is 4.98 Å². The van der Waals surface area contributed by atoms with Gasteiger partial charge in [-0.1, -0.05) is 11.6 Å². The first-order valence-electron chi connectivity index (χ1n) is 5.30. The highest BCUT2D eigenvalue weighted by Gasteiger charge is 2.06. The van der Waals surface area contributed by atoms with Crippen molar-refractivity contribution < 1.29 is 0 Å². The van der Waals surface area contributed by atoms with Crippen LogP contribution in [0.25, 0.3) is 0 Å². The number of nitrogens with zero attached hydrogens (tertiary/aromatic N) is 3. The molecule has 0 radical (unpaired) electrons. The molecule has 2 heterocycles. The third-order valence-electron chi connectivity index (χ3n) is 2.47. The molecule has 0 aromatic carbocycles. The van der Waals surface area contributed by atoms with Gasteiger partial charge in [-0.05, 0) is 31.5 Å². The Labute approximate surface area is 105 Å². The minimum absolute atomic E-state index is 0.405. The minimum atomic E-state index is 0.405. The Morgan fingerprint density at radius 1 is 1.12 bits per heavy atom. The third-order valence-corrected chi connectivity index (χ3v) is 2.74. The van der Waals surface area contributed by atoms with Gasteiger partial charge in [-0.2, -0.15) is 0 Å². The third kappa shape index (κ3) is 2.91. The molecule has 88 valence electrons. The second-order valence-electron chi connectivity index (χ2n) is 3.74. The molecule has 17 heavy (non-hydrogen) atoms. The normalized spacial score (nSPS) is 10.3. The predicted octanol–water partition coefficient (Wildman–Crippen LogP) is 2.75. The molecule has 0 aliphatic heterocycles. The fraction of sp³-hybridized carbons (Fsp3) is 0.250. The number of hydrogen-bond donors (Lipinski definition) is 1. The minimum Gasteiger partial charge on any atom is -0.363 e. The molecule has 0 saturated carbocycles. The molecule has 0 atom stereocenters. The van der Waals surface area contributed by atoms with Gasteiger partial charge >= 0.3 is 0 Å². The lowest BCUT2D eigenvalue weighted by atomic mass is 10.3. The topological polar surface area (TPSA) is 50.7 Å². The molecule has 0 amide bonds. The first kappa shape index (κ1) is 11.8. The number of aryl methyl sites for hydroxylation is 2. The lowest BCUT2D eigenvalue weighted by Gasteiger charge is -2.09. The quantitative estimate of drug-likeness (QED) is 0.908. The van der Waals surface area contributed by atoms with E-state index in [1.165, 1.54) is 0 Å². The van der Waals surface area contributed by atoms with E-state index in [0.29, 0.717) is 17.5 Å². The average molecular weight is 249 g/mol. The van der Waals surface area contributed by atoms with Crippen LogP contribution in [0.15, 0.2) is 24.5 Å². The monoisotopic (exact) mass is 248 g/mol. The molecule has 0 spiro atoms. The Kier molecular flexibility index (Phi) is 3.54. The van der Waals surface area contributed by atoms with E-state index < -0.39 is 0 Å². The van der Waals surface area contributed by atoms with Crippen molar-refractivity contribution in [3.8, 4) is 0 Å². The largest absolute Gasteiger partial charge is 0.363 e. The highest BCUT2D eigenvalue weighted by atomic mass is 35.5. The molecule has 1 N–H and O–H groups in total. The fourth-order valence-electron chi connectivity index (χ4n) is 1.37. The van der Waals surface area contributed by atoms with Gasteiger partial charge in [0.2, 0.25) is 0 Å². The molecule has 0 bridgehead atoms. The smallest absolute Gasteiger partial charge is 0.171 e. The Hall–Kier alpha value is -1.68. The molecule has 0 unspecified atom stereocenters. The van der Waals surface area contributed by atoms with Gasteiger partial charge in [0.15, 0.2) is 11.0 Å². The molecule has 4 nitrogen and oxygen atoms in total. The van der Waals surface area contributed by atoms with Crippen molar-refractivity contribution in [1.29, 1.82) is 0 Å². The van der Waals surface area contributed by atoms with Crippen molar-refractivity contribution in [3.05, 3.63) is 46.6 Å². The summed E-state index contributed by atoms with van der Waals surface area (Å²) in [5, 5.41) is 3.57. The molecule has 0 saturated heterocycles. The van der Waals surface area contributed by atoms with Crippen molar-refractivity contribution >= 4 is 17.4 Å². The van der Waals surface area contributed by atoms with Gasteiger partial charge in [0, 0.05) is 18.9 Å². The Bertz CT molecular complexity index is 513. The van der Waals surface area contributed by atoms with Crippen LogP contribution >= 0.6 is 11.6 Å². The van der Waals surface area contributed by atoms with E-state index in [1.54, 1.807) is 12.4 Å². The summed E-state index contributed by atoms with van der Waals surface area (Å²) < 4.78 is 0. The highest BCUT2D eigenvalue weighted by molar-refractivity contribution is 6.31. The van der Waals surface area contributed by atoms with Gasteiger partial charge in [0.05, 0.1) is 11.4 Å². The summed E-state index contributed by atoms with van der Waals surface area (Å²) in [5.74, 6) is 0.617. The molecule has 2 aromatic heterocycles. The molecule has 0 aliphatic carbocycles. The van der Waals surface area contributed by atoms with Crippen molar-refractivity contribution in [2.75, 3.05) is 5.32 Å². The van der Waals surface area contributed by atoms with Crippen molar-refractivity contribution in [2.24, 2.45) is 0 Å². The van der Waals surface area contributed by atoms with Crippen molar-refractivity contribution in [3.63, 3.8) is 0 Å². The number of anilines is 1. The van der Waals surface area contributed by atoms with Gasteiger partial charge in [0.25, 0.3) is 0 Å². The number of halogens is 1. The second-order valence-corrected chi connectivity index (χ2v) is 4.10. The Morgan fingerprint density at radius 3 is 2.47 bits per heavy atom. The molecule has 0 aliphatic rings. The first-order valence-corrected chi connectivity index (χ1v) is 5.68. The zero-order chi connectivity index (χ0) is 12.3. The Morgan fingerprint density at radius 2 is 1.76 bits per heavy atom. The van der Waals surface area contributed by atoms with Crippen LogP contribution in [-0.2, 0) is 6.54 Å². The van der Waals surface area contributed by atoms with E-state index in [1.807, 2.05) is 26.0 Å². The second kappa shape index (κ2) is 5.10. The van der Waals surface area contributed by atoms with Crippen LogP contribution in [0.3, 0.4) is 0 Å². The average Bonchev–Trinajstić information content (AvgIpc) is 2.33. The summed E-state index contributed by atoms with van der Waals surface area (Å²) in [5.41, 5.74) is 2.85. The van der Waals surface area contributed by atoms with E-state index in [9.17, 15) is 0 Å². The van der Waals surface area contributed by atoms with Crippen molar-refractivity contribution in [2.45, 2.75) is 20.4 Å². The maximum Gasteiger partial charge on any atom is 0.171 e. The molecule has 2 aromatic rings. The summed E-state index contributed by atoms with van der Waals surface area (Å²) >= 11 is 6.02. The van der Waals surface area contributed by atoms with E-state index in [0.717, 1.165) is 17.0 Å². The predicted molar refractivity (Wildman–Crippen MR) is 68.1 cm³/mol. The maximum absolute atomic E-state index is 6.02. The van der Waals surface area contributed by atoms with Gasteiger partial charge in [-0.25, -0.2) is 9.97 Å². The van der Waals surface area contributed by atoms with Crippen LogP contribution in [-0.4, -0.2) is 15.0 Å². The first-order chi connectivity index (χ1) is 8.16. The standard InChI is InChI=1S/C12H13ClN4/c1-8-9(2)17-12(11(13)16-8)15-7-10-3-5-14-6-4-10/h3-6H,7H2,1-2H3,(H,15,17). The molecular weight excluding hydrogens is 236 g/mol. The molecule has 5 heteroatoms. The number of hydrogen-bond acceptors (Lipinski definition) is 4. The van der Waals surface area contributed by atoms with Gasteiger partial charge in [-0.15, -0.1) is 0 Å². The van der Waals surface area contributed by atoms with Crippen LogP contribution in [0.4, 0.5) is 5.82 Å². The van der Waals surface area contributed by atoms with Gasteiger partial charge in [0.1, 0.15) is 0 Å².